The summed E-state index contributed by atoms with van der Waals surface area (Å²) in [6.07, 6.45) is 4.23. The molecule has 0 spiro atoms. The molecule has 6 nitrogen and oxygen atoms in total. The van der Waals surface area contributed by atoms with E-state index in [0.717, 1.165) is 38.3 Å². The molecule has 4 rings (SSSR count). The monoisotopic (exact) mass is 483 g/mol. The maximum atomic E-state index is 11.9. The number of aryl methyl sites for hydroxylation is 1. The number of carboxylic acid groups (broad SMARTS) is 1. The van der Waals surface area contributed by atoms with Crippen LogP contribution in [-0.2, 0) is 17.8 Å². The minimum atomic E-state index is -1.04. The molecule has 0 aliphatic carbocycles. The Morgan fingerprint density at radius 1 is 1.20 bits per heavy atom. The van der Waals surface area contributed by atoms with Crippen molar-refractivity contribution in [2.75, 3.05) is 0 Å². The molecule has 0 saturated heterocycles. The first-order chi connectivity index (χ1) is 14.5. The number of rotatable bonds is 7. The van der Waals surface area contributed by atoms with Crippen LogP contribution in [0.3, 0.4) is 0 Å². The number of carboxylic acids is 1. The van der Waals surface area contributed by atoms with Gasteiger partial charge in [0.05, 0.1) is 0 Å². The average molecular weight is 484 g/mol. The lowest BCUT2D eigenvalue weighted by molar-refractivity contribution is -0.131. The Morgan fingerprint density at radius 3 is 2.67 bits per heavy atom. The SMILES string of the molecule is CCc1nnc(S/C(=C\c2cn(Cc3ccc(Br)cc3)c3ccccc23)C(=O)O)o1. The molecule has 0 atom stereocenters. The van der Waals surface area contributed by atoms with Gasteiger partial charge in [0.1, 0.15) is 4.91 Å². The number of halogens is 1. The Bertz CT molecular complexity index is 1230. The van der Waals surface area contributed by atoms with E-state index in [0.29, 0.717) is 18.9 Å². The minimum Gasteiger partial charge on any atom is -0.477 e. The van der Waals surface area contributed by atoms with Crippen LogP contribution in [0.5, 0.6) is 0 Å². The molecule has 152 valence electrons. The fourth-order valence-corrected chi connectivity index (χ4v) is 4.05. The summed E-state index contributed by atoms with van der Waals surface area (Å²) >= 11 is 4.42. The van der Waals surface area contributed by atoms with E-state index in [1.165, 1.54) is 0 Å². The lowest BCUT2D eigenvalue weighted by Gasteiger charge is -2.05. The van der Waals surface area contributed by atoms with Gasteiger partial charge < -0.3 is 14.1 Å². The fourth-order valence-electron chi connectivity index (χ4n) is 3.10. The van der Waals surface area contributed by atoms with E-state index < -0.39 is 5.97 Å². The maximum absolute atomic E-state index is 11.9. The van der Waals surface area contributed by atoms with Crippen molar-refractivity contribution in [3.8, 4) is 0 Å². The molecule has 4 aromatic rings. The van der Waals surface area contributed by atoms with Gasteiger partial charge in [0, 0.05) is 40.1 Å². The quantitative estimate of drug-likeness (QED) is 0.271. The van der Waals surface area contributed by atoms with Crippen molar-refractivity contribution in [3.05, 3.63) is 81.1 Å². The summed E-state index contributed by atoms with van der Waals surface area (Å²) in [6, 6.07) is 16.1. The molecule has 1 N–H and O–H groups in total. The topological polar surface area (TPSA) is 81.2 Å². The molecule has 0 aliphatic heterocycles. The van der Waals surface area contributed by atoms with Crippen molar-refractivity contribution in [1.29, 1.82) is 0 Å². The number of carbonyl (C=O) groups is 1. The van der Waals surface area contributed by atoms with Gasteiger partial charge in [-0.2, -0.15) is 0 Å². The zero-order valence-electron chi connectivity index (χ0n) is 16.1. The number of hydrogen-bond acceptors (Lipinski definition) is 5. The predicted octanol–water partition coefficient (Wildman–Crippen LogP) is 5.62. The molecule has 8 heteroatoms. The number of para-hydroxylation sites is 1. The van der Waals surface area contributed by atoms with Gasteiger partial charge in [0.15, 0.2) is 0 Å². The number of hydrogen-bond donors (Lipinski definition) is 1. The van der Waals surface area contributed by atoms with E-state index in [9.17, 15) is 9.90 Å². The van der Waals surface area contributed by atoms with Crippen molar-refractivity contribution in [1.82, 2.24) is 14.8 Å². The van der Waals surface area contributed by atoms with Gasteiger partial charge in [-0.1, -0.05) is 53.2 Å². The second-order valence-corrected chi connectivity index (χ2v) is 8.50. The Morgan fingerprint density at radius 2 is 1.97 bits per heavy atom. The summed E-state index contributed by atoms with van der Waals surface area (Å²) in [5.74, 6) is -0.561. The first-order valence-corrected chi connectivity index (χ1v) is 10.9. The molecule has 30 heavy (non-hydrogen) atoms. The number of benzene rings is 2. The Labute approximate surface area is 185 Å². The van der Waals surface area contributed by atoms with Crippen molar-refractivity contribution in [2.24, 2.45) is 0 Å². The molecular weight excluding hydrogens is 466 g/mol. The molecule has 0 fully saturated rings. The van der Waals surface area contributed by atoms with E-state index in [4.69, 9.17) is 4.42 Å². The van der Waals surface area contributed by atoms with Crippen LogP contribution < -0.4 is 0 Å². The highest BCUT2D eigenvalue weighted by Gasteiger charge is 2.16. The maximum Gasteiger partial charge on any atom is 0.342 e. The highest BCUT2D eigenvalue weighted by atomic mass is 79.9. The van der Waals surface area contributed by atoms with Gasteiger partial charge >= 0.3 is 5.97 Å². The Balaban J connectivity index is 1.71. The highest BCUT2D eigenvalue weighted by molar-refractivity contribution is 9.10. The summed E-state index contributed by atoms with van der Waals surface area (Å²) in [7, 11) is 0. The lowest BCUT2D eigenvalue weighted by atomic mass is 10.1. The predicted molar refractivity (Wildman–Crippen MR) is 120 cm³/mol. The van der Waals surface area contributed by atoms with Crippen LogP contribution in [0.25, 0.3) is 17.0 Å². The zero-order chi connectivity index (χ0) is 21.1. The lowest BCUT2D eigenvalue weighted by Crippen LogP contribution is -1.98. The largest absolute Gasteiger partial charge is 0.477 e. The molecular formula is C22H18BrN3O3S. The third kappa shape index (κ3) is 4.49. The molecule has 0 amide bonds. The molecule has 0 unspecified atom stereocenters. The van der Waals surface area contributed by atoms with Crippen molar-refractivity contribution in [3.63, 3.8) is 0 Å². The van der Waals surface area contributed by atoms with Crippen molar-refractivity contribution >= 4 is 50.6 Å². The molecule has 2 aromatic carbocycles. The molecule has 0 saturated carbocycles. The van der Waals surface area contributed by atoms with E-state index in [1.54, 1.807) is 6.08 Å². The number of thioether (sulfide) groups is 1. The molecule has 2 aromatic heterocycles. The first-order valence-electron chi connectivity index (χ1n) is 9.31. The second-order valence-electron chi connectivity index (χ2n) is 6.59. The van der Waals surface area contributed by atoms with E-state index in [1.807, 2.05) is 49.5 Å². The van der Waals surface area contributed by atoms with Gasteiger partial charge in [-0.15, -0.1) is 10.2 Å². The number of fused-ring (bicyclic) bond motifs is 1. The van der Waals surface area contributed by atoms with E-state index >= 15 is 0 Å². The third-order valence-corrected chi connectivity index (χ3v) is 5.91. The van der Waals surface area contributed by atoms with Crippen LogP contribution in [0.15, 0.2) is 73.7 Å². The standard InChI is InChI=1S/C22H18BrN3O3S/c1-2-20-24-25-22(29-20)30-19(21(27)28)11-15-13-26(18-6-4-3-5-17(15)18)12-14-7-9-16(23)10-8-14/h3-11,13H,2,12H2,1H3,(H,27,28)/b19-11-. The summed E-state index contributed by atoms with van der Waals surface area (Å²) < 4.78 is 8.61. The molecule has 0 aliphatic rings. The summed E-state index contributed by atoms with van der Waals surface area (Å²) in [5.41, 5.74) is 3.01. The summed E-state index contributed by atoms with van der Waals surface area (Å²) in [5, 5.41) is 18.7. The smallest absolute Gasteiger partial charge is 0.342 e. The third-order valence-electron chi connectivity index (χ3n) is 4.53. The van der Waals surface area contributed by atoms with Gasteiger partial charge in [0.2, 0.25) is 5.89 Å². The number of aromatic nitrogens is 3. The Hall–Kier alpha value is -2.84. The van der Waals surface area contributed by atoms with E-state index in [2.05, 4.69) is 42.8 Å². The fraction of sp³-hybridized carbons (Fsp3) is 0.136. The first kappa shape index (κ1) is 20.4. The van der Waals surface area contributed by atoms with Crippen molar-refractivity contribution in [2.45, 2.75) is 25.1 Å². The molecule has 0 bridgehead atoms. The van der Waals surface area contributed by atoms with Crippen LogP contribution in [0.2, 0.25) is 0 Å². The van der Waals surface area contributed by atoms with Crippen LogP contribution >= 0.6 is 27.7 Å². The molecule has 0 radical (unpaired) electrons. The highest BCUT2D eigenvalue weighted by Crippen LogP contribution is 2.31. The molecule has 2 heterocycles. The van der Waals surface area contributed by atoms with Gasteiger partial charge in [0.25, 0.3) is 5.22 Å². The van der Waals surface area contributed by atoms with Gasteiger partial charge in [-0.25, -0.2) is 4.79 Å². The van der Waals surface area contributed by atoms with Crippen LogP contribution in [0, 0.1) is 0 Å². The normalized spacial score (nSPS) is 11.9. The van der Waals surface area contributed by atoms with Crippen LogP contribution in [0.1, 0.15) is 23.9 Å². The average Bonchev–Trinajstić information content (AvgIpc) is 3.34. The van der Waals surface area contributed by atoms with Gasteiger partial charge in [-0.05, 0) is 41.6 Å². The minimum absolute atomic E-state index is 0.118. The van der Waals surface area contributed by atoms with Gasteiger partial charge in [-0.3, -0.25) is 0 Å². The second kappa shape index (κ2) is 8.89. The Kier molecular flexibility index (Phi) is 6.06. The number of aliphatic carboxylic acids is 1. The van der Waals surface area contributed by atoms with Crippen LogP contribution in [0.4, 0.5) is 0 Å². The zero-order valence-corrected chi connectivity index (χ0v) is 18.5. The van der Waals surface area contributed by atoms with E-state index in [-0.39, 0.29) is 10.1 Å². The summed E-state index contributed by atoms with van der Waals surface area (Å²) in [4.78, 5) is 12.0. The number of nitrogens with zero attached hydrogens (tertiary/aromatic N) is 3. The summed E-state index contributed by atoms with van der Waals surface area (Å²) in [6.45, 7) is 2.58. The van der Waals surface area contributed by atoms with Crippen LogP contribution in [-0.4, -0.2) is 25.8 Å². The van der Waals surface area contributed by atoms with Crippen molar-refractivity contribution < 1.29 is 14.3 Å².